The van der Waals surface area contributed by atoms with E-state index in [9.17, 15) is 0 Å². The quantitative estimate of drug-likeness (QED) is 0.659. The molecule has 19 heavy (non-hydrogen) atoms. The summed E-state index contributed by atoms with van der Waals surface area (Å²) in [4.78, 5) is 0. The monoisotopic (exact) mass is 266 g/mol. The van der Waals surface area contributed by atoms with Crippen molar-refractivity contribution in [3.05, 3.63) is 29.8 Å². The van der Waals surface area contributed by atoms with Crippen molar-refractivity contribution in [2.24, 2.45) is 0 Å². The summed E-state index contributed by atoms with van der Waals surface area (Å²) in [6.07, 6.45) is 2.27. The number of rotatable bonds is 10. The molecule has 3 nitrogen and oxygen atoms in total. The predicted octanol–water partition coefficient (Wildman–Crippen LogP) is 2.18. The maximum Gasteiger partial charge on any atom is 0.137 e. The van der Waals surface area contributed by atoms with Gasteiger partial charge in [0, 0.05) is 13.5 Å². The first kappa shape index (κ1) is 16.0. The van der Waals surface area contributed by atoms with E-state index >= 15 is 0 Å². The van der Waals surface area contributed by atoms with Crippen LogP contribution in [0.15, 0.2) is 24.3 Å². The van der Waals surface area contributed by atoms with Gasteiger partial charge in [0.05, 0.1) is 13.2 Å². The Bertz CT molecular complexity index is 324. The molecule has 0 spiro atoms. The molecule has 1 atom stereocenters. The lowest BCUT2D eigenvalue weighted by Gasteiger charge is -2.10. The molecular formula is C16H28NO2+. The first-order valence-corrected chi connectivity index (χ1v) is 7.31. The maximum atomic E-state index is 5.72. The summed E-state index contributed by atoms with van der Waals surface area (Å²) in [6, 6.07) is 8.50. The van der Waals surface area contributed by atoms with Gasteiger partial charge in [-0.15, -0.1) is 0 Å². The maximum absolute atomic E-state index is 5.72. The second-order valence-corrected chi connectivity index (χ2v) is 4.94. The fraction of sp³-hybridized carbons (Fsp3) is 0.625. The molecule has 1 rings (SSSR count). The van der Waals surface area contributed by atoms with Crippen LogP contribution in [0, 0.1) is 0 Å². The second kappa shape index (κ2) is 9.82. The number of hydrogen-bond donors (Lipinski definition) is 1. The molecule has 3 heteroatoms. The summed E-state index contributed by atoms with van der Waals surface area (Å²) in [6.45, 7) is 8.17. The van der Waals surface area contributed by atoms with Crippen molar-refractivity contribution in [1.29, 1.82) is 0 Å². The summed E-state index contributed by atoms with van der Waals surface area (Å²) in [5, 5.41) is 2.27. The zero-order chi connectivity index (χ0) is 13.9. The minimum atomic E-state index is 0.628. The van der Waals surface area contributed by atoms with Crippen molar-refractivity contribution in [2.75, 3.05) is 33.4 Å². The van der Waals surface area contributed by atoms with Gasteiger partial charge in [-0.3, -0.25) is 0 Å². The van der Waals surface area contributed by atoms with Crippen molar-refractivity contribution in [2.45, 2.75) is 32.6 Å². The van der Waals surface area contributed by atoms with Gasteiger partial charge in [0.1, 0.15) is 18.9 Å². The normalized spacial score (nSPS) is 12.4. The zero-order valence-electron chi connectivity index (χ0n) is 12.5. The van der Waals surface area contributed by atoms with E-state index in [4.69, 9.17) is 9.47 Å². The molecule has 0 bridgehead atoms. The highest BCUT2D eigenvalue weighted by Crippen LogP contribution is 2.21. The highest BCUT2D eigenvalue weighted by atomic mass is 16.5. The summed E-state index contributed by atoms with van der Waals surface area (Å²) in [7, 11) is 1.74. The molecule has 2 N–H and O–H groups in total. The molecule has 0 aliphatic heterocycles. The molecule has 0 aromatic heterocycles. The largest absolute Gasteiger partial charge is 0.488 e. The molecule has 1 aromatic rings. The summed E-state index contributed by atoms with van der Waals surface area (Å²) in [5.41, 5.74) is 1.39. The van der Waals surface area contributed by atoms with E-state index in [1.807, 2.05) is 0 Å². The van der Waals surface area contributed by atoms with Crippen LogP contribution in [0.1, 0.15) is 38.2 Å². The average molecular weight is 266 g/mol. The van der Waals surface area contributed by atoms with Gasteiger partial charge >= 0.3 is 0 Å². The van der Waals surface area contributed by atoms with Crippen LogP contribution in [0.25, 0.3) is 0 Å². The van der Waals surface area contributed by atoms with Crippen molar-refractivity contribution in [3.63, 3.8) is 0 Å². The zero-order valence-corrected chi connectivity index (χ0v) is 12.5. The van der Waals surface area contributed by atoms with Crippen LogP contribution in [0.4, 0.5) is 0 Å². The summed E-state index contributed by atoms with van der Waals surface area (Å²) >= 11 is 0. The fourth-order valence-electron chi connectivity index (χ4n) is 1.90. The SMILES string of the molecule is CC[C@H](C)c1ccc(OCC[NH2+]CCCOC)cc1. The van der Waals surface area contributed by atoms with Crippen LogP contribution in [-0.4, -0.2) is 33.4 Å². The van der Waals surface area contributed by atoms with E-state index in [2.05, 4.69) is 43.4 Å². The number of quaternary nitrogens is 1. The van der Waals surface area contributed by atoms with Crippen molar-refractivity contribution < 1.29 is 14.8 Å². The minimum absolute atomic E-state index is 0.628. The fourth-order valence-corrected chi connectivity index (χ4v) is 1.90. The molecule has 0 unspecified atom stereocenters. The lowest BCUT2D eigenvalue weighted by Crippen LogP contribution is -2.85. The van der Waals surface area contributed by atoms with Gasteiger partial charge in [-0.2, -0.15) is 0 Å². The van der Waals surface area contributed by atoms with Gasteiger partial charge in [-0.25, -0.2) is 0 Å². The van der Waals surface area contributed by atoms with Crippen molar-refractivity contribution >= 4 is 0 Å². The molecule has 0 radical (unpaired) electrons. The molecule has 0 fully saturated rings. The van der Waals surface area contributed by atoms with E-state index in [1.165, 1.54) is 12.0 Å². The van der Waals surface area contributed by atoms with Crippen LogP contribution >= 0.6 is 0 Å². The molecule has 0 heterocycles. The van der Waals surface area contributed by atoms with E-state index in [-0.39, 0.29) is 0 Å². The van der Waals surface area contributed by atoms with Crippen LogP contribution in [0.2, 0.25) is 0 Å². The summed E-state index contributed by atoms with van der Waals surface area (Å²) < 4.78 is 10.7. The molecular weight excluding hydrogens is 238 g/mol. The highest BCUT2D eigenvalue weighted by Gasteiger charge is 2.02. The number of methoxy groups -OCH3 is 1. The van der Waals surface area contributed by atoms with Crippen LogP contribution < -0.4 is 10.1 Å². The first-order valence-electron chi connectivity index (χ1n) is 7.31. The van der Waals surface area contributed by atoms with Gasteiger partial charge in [0.25, 0.3) is 0 Å². The summed E-state index contributed by atoms with van der Waals surface area (Å²) in [5.74, 6) is 1.60. The Kier molecular flexibility index (Phi) is 8.26. The van der Waals surface area contributed by atoms with E-state index in [0.717, 1.165) is 38.5 Å². The first-order chi connectivity index (χ1) is 9.27. The minimum Gasteiger partial charge on any atom is -0.488 e. The van der Waals surface area contributed by atoms with Gasteiger partial charge in [-0.05, 0) is 30.0 Å². The Labute approximate surface area is 117 Å². The average Bonchev–Trinajstić information content (AvgIpc) is 2.46. The van der Waals surface area contributed by atoms with E-state index in [0.29, 0.717) is 5.92 Å². The Morgan fingerprint density at radius 2 is 1.84 bits per heavy atom. The number of ether oxygens (including phenoxy) is 2. The van der Waals surface area contributed by atoms with Crippen molar-refractivity contribution in [3.8, 4) is 5.75 Å². The molecule has 1 aromatic carbocycles. The Balaban J connectivity index is 2.16. The van der Waals surface area contributed by atoms with Crippen LogP contribution in [0.3, 0.4) is 0 Å². The third kappa shape index (κ3) is 6.60. The lowest BCUT2D eigenvalue weighted by atomic mass is 9.99. The van der Waals surface area contributed by atoms with Gasteiger partial charge in [-0.1, -0.05) is 26.0 Å². The smallest absolute Gasteiger partial charge is 0.137 e. The molecule has 108 valence electrons. The van der Waals surface area contributed by atoms with Crippen LogP contribution in [-0.2, 0) is 4.74 Å². The predicted molar refractivity (Wildman–Crippen MR) is 78.8 cm³/mol. The molecule has 0 amide bonds. The third-order valence-electron chi connectivity index (χ3n) is 3.41. The van der Waals surface area contributed by atoms with Gasteiger partial charge in [0.15, 0.2) is 0 Å². The Morgan fingerprint density at radius 1 is 1.11 bits per heavy atom. The van der Waals surface area contributed by atoms with Crippen LogP contribution in [0.5, 0.6) is 5.75 Å². The number of benzene rings is 1. The van der Waals surface area contributed by atoms with Gasteiger partial charge < -0.3 is 14.8 Å². The third-order valence-corrected chi connectivity index (χ3v) is 3.41. The van der Waals surface area contributed by atoms with Gasteiger partial charge in [0.2, 0.25) is 0 Å². The van der Waals surface area contributed by atoms with E-state index < -0.39 is 0 Å². The Morgan fingerprint density at radius 3 is 2.47 bits per heavy atom. The highest BCUT2D eigenvalue weighted by molar-refractivity contribution is 5.29. The van der Waals surface area contributed by atoms with Crippen molar-refractivity contribution in [1.82, 2.24) is 0 Å². The van der Waals surface area contributed by atoms with E-state index in [1.54, 1.807) is 7.11 Å². The second-order valence-electron chi connectivity index (χ2n) is 4.94. The topological polar surface area (TPSA) is 35.1 Å². The standard InChI is InChI=1S/C16H27NO2/c1-4-14(2)15-6-8-16(9-7-15)19-13-11-17-10-5-12-18-3/h6-9,14,17H,4-5,10-13H2,1-3H3/p+1/t14-/m0/s1. The molecule has 0 saturated heterocycles. The molecule has 0 aliphatic carbocycles. The molecule has 0 aliphatic rings. The number of nitrogens with two attached hydrogens (primary N) is 1. The lowest BCUT2D eigenvalue weighted by molar-refractivity contribution is -0.655. The number of hydrogen-bond acceptors (Lipinski definition) is 2. The molecule has 0 saturated carbocycles. The Hall–Kier alpha value is -1.06.